The summed E-state index contributed by atoms with van der Waals surface area (Å²) in [6, 6.07) is 9.67. The molecule has 0 spiro atoms. The van der Waals surface area contributed by atoms with Gasteiger partial charge in [0.25, 0.3) is 0 Å². The molecule has 0 radical (unpaired) electrons. The highest BCUT2D eigenvalue weighted by Crippen LogP contribution is 2.30. The van der Waals surface area contributed by atoms with Crippen LogP contribution in [-0.2, 0) is 12.8 Å². The van der Waals surface area contributed by atoms with E-state index < -0.39 is 0 Å². The standard InChI is InChI=1S/C17H27N/c1-4-18-17(10-9-13(2)3)16-11-14-7-5-6-8-15(14)12-16/h5-8,13,16-18H,4,9-12H2,1-3H3. The van der Waals surface area contributed by atoms with Crippen molar-refractivity contribution in [2.75, 3.05) is 6.54 Å². The SMILES string of the molecule is CCNC(CCC(C)C)C1Cc2ccccc2C1. The predicted octanol–water partition coefficient (Wildman–Crippen LogP) is 3.82. The molecule has 0 amide bonds. The third-order valence-electron chi connectivity index (χ3n) is 4.17. The lowest BCUT2D eigenvalue weighted by atomic mass is 9.90. The number of rotatable bonds is 6. The molecule has 2 rings (SSSR count). The minimum Gasteiger partial charge on any atom is -0.314 e. The van der Waals surface area contributed by atoms with Crippen LogP contribution >= 0.6 is 0 Å². The highest BCUT2D eigenvalue weighted by molar-refractivity contribution is 5.32. The van der Waals surface area contributed by atoms with Crippen molar-refractivity contribution in [3.05, 3.63) is 35.4 Å². The summed E-state index contributed by atoms with van der Waals surface area (Å²) in [5.74, 6) is 1.62. The molecule has 0 aliphatic heterocycles. The molecule has 18 heavy (non-hydrogen) atoms. The fourth-order valence-corrected chi connectivity index (χ4v) is 3.16. The van der Waals surface area contributed by atoms with Crippen molar-refractivity contribution >= 4 is 0 Å². The van der Waals surface area contributed by atoms with Crippen LogP contribution in [-0.4, -0.2) is 12.6 Å². The molecule has 1 nitrogen and oxygen atoms in total. The van der Waals surface area contributed by atoms with Gasteiger partial charge in [-0.05, 0) is 55.2 Å². The minimum absolute atomic E-state index is 0.699. The van der Waals surface area contributed by atoms with Crippen LogP contribution < -0.4 is 5.32 Å². The molecule has 1 heteroatoms. The van der Waals surface area contributed by atoms with Gasteiger partial charge < -0.3 is 5.32 Å². The van der Waals surface area contributed by atoms with E-state index in [2.05, 4.69) is 50.4 Å². The second kappa shape index (κ2) is 6.38. The number of benzene rings is 1. The maximum absolute atomic E-state index is 3.71. The van der Waals surface area contributed by atoms with Crippen LogP contribution in [0, 0.1) is 11.8 Å². The Labute approximate surface area is 112 Å². The van der Waals surface area contributed by atoms with Crippen molar-refractivity contribution in [1.29, 1.82) is 0 Å². The van der Waals surface area contributed by atoms with Crippen LogP contribution in [0.15, 0.2) is 24.3 Å². The van der Waals surface area contributed by atoms with Crippen molar-refractivity contribution in [3.63, 3.8) is 0 Å². The van der Waals surface area contributed by atoms with Crippen molar-refractivity contribution < 1.29 is 0 Å². The molecule has 1 aromatic carbocycles. The molecule has 1 unspecified atom stereocenters. The largest absolute Gasteiger partial charge is 0.314 e. The second-order valence-corrected chi connectivity index (χ2v) is 6.07. The highest BCUT2D eigenvalue weighted by atomic mass is 14.9. The molecule has 0 fully saturated rings. The van der Waals surface area contributed by atoms with Gasteiger partial charge in [0, 0.05) is 6.04 Å². The van der Waals surface area contributed by atoms with Crippen molar-refractivity contribution in [2.45, 2.75) is 52.5 Å². The van der Waals surface area contributed by atoms with Crippen molar-refractivity contribution in [2.24, 2.45) is 11.8 Å². The van der Waals surface area contributed by atoms with Crippen LogP contribution in [0.5, 0.6) is 0 Å². The highest BCUT2D eigenvalue weighted by Gasteiger charge is 2.27. The van der Waals surface area contributed by atoms with E-state index in [0.717, 1.165) is 18.4 Å². The number of hydrogen-bond acceptors (Lipinski definition) is 1. The molecule has 0 bridgehead atoms. The molecule has 1 aliphatic carbocycles. The van der Waals surface area contributed by atoms with E-state index in [4.69, 9.17) is 0 Å². The average molecular weight is 245 g/mol. The number of fused-ring (bicyclic) bond motifs is 1. The van der Waals surface area contributed by atoms with Gasteiger partial charge >= 0.3 is 0 Å². The van der Waals surface area contributed by atoms with Crippen molar-refractivity contribution in [3.8, 4) is 0 Å². The fraction of sp³-hybridized carbons (Fsp3) is 0.647. The first-order chi connectivity index (χ1) is 8.70. The fourth-order valence-electron chi connectivity index (χ4n) is 3.16. The van der Waals surface area contributed by atoms with Gasteiger partial charge in [0.05, 0.1) is 0 Å². The average Bonchev–Trinajstić information content (AvgIpc) is 2.77. The Morgan fingerprint density at radius 3 is 2.22 bits per heavy atom. The minimum atomic E-state index is 0.699. The van der Waals surface area contributed by atoms with Gasteiger partial charge in [0.1, 0.15) is 0 Å². The molecule has 0 saturated carbocycles. The zero-order valence-electron chi connectivity index (χ0n) is 12.1. The van der Waals surface area contributed by atoms with Crippen LogP contribution in [0.2, 0.25) is 0 Å². The van der Waals surface area contributed by atoms with Crippen LogP contribution in [0.25, 0.3) is 0 Å². The van der Waals surface area contributed by atoms with E-state index >= 15 is 0 Å². The molecule has 0 saturated heterocycles. The maximum Gasteiger partial charge on any atom is 0.0102 e. The van der Waals surface area contributed by atoms with Crippen molar-refractivity contribution in [1.82, 2.24) is 5.32 Å². The first kappa shape index (κ1) is 13.6. The summed E-state index contributed by atoms with van der Waals surface area (Å²) in [4.78, 5) is 0. The molecular weight excluding hydrogens is 218 g/mol. The molecule has 0 heterocycles. The van der Waals surface area contributed by atoms with E-state index in [0.29, 0.717) is 6.04 Å². The molecule has 100 valence electrons. The summed E-state index contributed by atoms with van der Waals surface area (Å²) >= 11 is 0. The first-order valence-corrected chi connectivity index (χ1v) is 7.50. The summed E-state index contributed by atoms with van der Waals surface area (Å²) in [7, 11) is 0. The quantitative estimate of drug-likeness (QED) is 0.803. The molecule has 1 aliphatic rings. The Morgan fingerprint density at radius 2 is 1.72 bits per heavy atom. The van der Waals surface area contributed by atoms with Gasteiger partial charge in [-0.15, -0.1) is 0 Å². The molecular formula is C17H27N. The lowest BCUT2D eigenvalue weighted by Gasteiger charge is -2.25. The predicted molar refractivity (Wildman–Crippen MR) is 78.9 cm³/mol. The summed E-state index contributed by atoms with van der Waals surface area (Å²) < 4.78 is 0. The van der Waals surface area contributed by atoms with Gasteiger partial charge in [-0.25, -0.2) is 0 Å². The molecule has 0 aromatic heterocycles. The third-order valence-corrected chi connectivity index (χ3v) is 4.17. The smallest absolute Gasteiger partial charge is 0.0102 e. The van der Waals surface area contributed by atoms with E-state index in [1.165, 1.54) is 25.7 Å². The van der Waals surface area contributed by atoms with Crippen LogP contribution in [0.3, 0.4) is 0 Å². The normalized spacial score (nSPS) is 17.1. The van der Waals surface area contributed by atoms with Gasteiger partial charge in [0.2, 0.25) is 0 Å². The van der Waals surface area contributed by atoms with E-state index in [9.17, 15) is 0 Å². The van der Waals surface area contributed by atoms with Crippen LogP contribution in [0.4, 0.5) is 0 Å². The number of hydrogen-bond donors (Lipinski definition) is 1. The van der Waals surface area contributed by atoms with E-state index in [-0.39, 0.29) is 0 Å². The first-order valence-electron chi connectivity index (χ1n) is 7.50. The third kappa shape index (κ3) is 3.35. The van der Waals surface area contributed by atoms with Crippen LogP contribution in [0.1, 0.15) is 44.7 Å². The van der Waals surface area contributed by atoms with Gasteiger partial charge in [0.15, 0.2) is 0 Å². The topological polar surface area (TPSA) is 12.0 Å². The zero-order chi connectivity index (χ0) is 13.0. The summed E-state index contributed by atoms with van der Waals surface area (Å²) in [6.07, 6.45) is 5.20. The summed E-state index contributed by atoms with van der Waals surface area (Å²) in [5, 5.41) is 3.71. The monoisotopic (exact) mass is 245 g/mol. The summed E-state index contributed by atoms with van der Waals surface area (Å²) in [5.41, 5.74) is 3.16. The Hall–Kier alpha value is -0.820. The summed E-state index contributed by atoms with van der Waals surface area (Å²) in [6.45, 7) is 7.97. The van der Waals surface area contributed by atoms with Gasteiger partial charge in [-0.1, -0.05) is 45.0 Å². The Balaban J connectivity index is 1.97. The molecule has 1 atom stereocenters. The Kier molecular flexibility index (Phi) is 4.82. The lowest BCUT2D eigenvalue weighted by molar-refractivity contribution is 0.329. The molecule has 1 aromatic rings. The zero-order valence-corrected chi connectivity index (χ0v) is 12.1. The van der Waals surface area contributed by atoms with E-state index in [1.807, 2.05) is 0 Å². The second-order valence-electron chi connectivity index (χ2n) is 6.07. The Morgan fingerprint density at radius 1 is 1.11 bits per heavy atom. The van der Waals surface area contributed by atoms with Gasteiger partial charge in [-0.3, -0.25) is 0 Å². The van der Waals surface area contributed by atoms with E-state index in [1.54, 1.807) is 11.1 Å². The Bertz CT molecular complexity index is 345. The van der Waals surface area contributed by atoms with Gasteiger partial charge in [-0.2, -0.15) is 0 Å². The maximum atomic E-state index is 3.71. The lowest BCUT2D eigenvalue weighted by Crippen LogP contribution is -2.36. The number of nitrogens with one attached hydrogen (secondary N) is 1. The molecule has 1 N–H and O–H groups in total.